The average Bonchev–Trinajstić information content (AvgIpc) is 2.27. The zero-order valence-corrected chi connectivity index (χ0v) is 10.5. The van der Waals surface area contributed by atoms with Gasteiger partial charge >= 0.3 is 6.03 Å². The Kier molecular flexibility index (Phi) is 4.65. The Hall–Kier alpha value is -1.64. The first-order valence-electron chi connectivity index (χ1n) is 4.95. The van der Waals surface area contributed by atoms with Gasteiger partial charge < -0.3 is 20.9 Å². The van der Waals surface area contributed by atoms with Gasteiger partial charge in [-0.3, -0.25) is 0 Å². The van der Waals surface area contributed by atoms with Gasteiger partial charge in [0.05, 0.1) is 4.90 Å². The average molecular weight is 274 g/mol. The van der Waals surface area contributed by atoms with Gasteiger partial charge in [0.2, 0.25) is 0 Å². The van der Waals surface area contributed by atoms with Crippen LogP contribution >= 0.6 is 0 Å². The van der Waals surface area contributed by atoms with Gasteiger partial charge in [-0.15, -0.1) is 0 Å². The third-order valence-electron chi connectivity index (χ3n) is 2.09. The summed E-state index contributed by atoms with van der Waals surface area (Å²) in [5, 5.41) is 11.4. The van der Waals surface area contributed by atoms with Crippen LogP contribution in [0, 0.1) is 0 Å². The highest BCUT2D eigenvalue weighted by Gasteiger charge is 2.19. The highest BCUT2D eigenvalue weighted by atomic mass is 32.2. The molecule has 1 atom stereocenters. The van der Waals surface area contributed by atoms with E-state index in [4.69, 9.17) is 5.73 Å². The minimum atomic E-state index is -3.70. The van der Waals surface area contributed by atoms with E-state index in [2.05, 4.69) is 10.1 Å². The lowest BCUT2D eigenvalue weighted by atomic mass is 10.3. The van der Waals surface area contributed by atoms with Gasteiger partial charge in [0.25, 0.3) is 0 Å². The number of rotatable bonds is 5. The second-order valence-electron chi connectivity index (χ2n) is 3.49. The molecule has 1 aromatic rings. The molecule has 8 heteroatoms. The van der Waals surface area contributed by atoms with Crippen LogP contribution in [-0.4, -0.2) is 38.7 Å². The number of anilines is 1. The molecule has 2 amide bonds. The van der Waals surface area contributed by atoms with Crippen molar-refractivity contribution >= 4 is 21.6 Å². The van der Waals surface area contributed by atoms with Crippen LogP contribution in [0.3, 0.4) is 0 Å². The first-order chi connectivity index (χ1) is 8.35. The van der Waals surface area contributed by atoms with Gasteiger partial charge in [0, 0.05) is 12.8 Å². The largest absolute Gasteiger partial charge is 0.367 e. The summed E-state index contributed by atoms with van der Waals surface area (Å²) in [5.74, 6) is -0.566. The van der Waals surface area contributed by atoms with E-state index < -0.39 is 27.9 Å². The van der Waals surface area contributed by atoms with Gasteiger partial charge in [-0.2, -0.15) is 0 Å². The van der Waals surface area contributed by atoms with E-state index in [1.807, 2.05) is 0 Å². The quantitative estimate of drug-likeness (QED) is 0.649. The molecule has 0 spiro atoms. The third-order valence-corrected chi connectivity index (χ3v) is 3.79. The first kappa shape index (κ1) is 14.4. The summed E-state index contributed by atoms with van der Waals surface area (Å²) in [7, 11) is -2.50. The lowest BCUT2D eigenvalue weighted by molar-refractivity contribution is -0.0556. The van der Waals surface area contributed by atoms with E-state index in [1.165, 1.54) is 31.4 Å². The fourth-order valence-corrected chi connectivity index (χ4v) is 2.56. The molecule has 0 aliphatic carbocycles. The molecule has 1 aromatic carbocycles. The molecule has 4 N–H and O–H groups in total. The summed E-state index contributed by atoms with van der Waals surface area (Å²) in [5.41, 5.74) is 5.19. The summed E-state index contributed by atoms with van der Waals surface area (Å²) in [6, 6.07) is 4.77. The van der Waals surface area contributed by atoms with E-state index in [1.54, 1.807) is 0 Å². The number of benzene rings is 1. The molecule has 7 nitrogen and oxygen atoms in total. The van der Waals surface area contributed by atoms with E-state index in [0.717, 1.165) is 0 Å². The molecule has 1 rings (SSSR count). The lowest BCUT2D eigenvalue weighted by Crippen LogP contribution is -2.23. The van der Waals surface area contributed by atoms with Crippen molar-refractivity contribution in [2.24, 2.45) is 5.73 Å². The predicted molar refractivity (Wildman–Crippen MR) is 64.7 cm³/mol. The van der Waals surface area contributed by atoms with Crippen LogP contribution in [0.2, 0.25) is 0 Å². The highest BCUT2D eigenvalue weighted by molar-refractivity contribution is 7.91. The van der Waals surface area contributed by atoms with Crippen molar-refractivity contribution in [1.29, 1.82) is 0 Å². The number of ether oxygens (including phenoxy) is 1. The number of aliphatic hydroxyl groups is 1. The standard InChI is InChI=1S/C10H14N2O5S/c1-17-9(13)6-18(15,16)8-4-2-3-7(5-8)12-10(11)14/h2-5,9,13H,6H2,1H3,(H3,11,12,14). The Morgan fingerprint density at radius 3 is 2.78 bits per heavy atom. The summed E-state index contributed by atoms with van der Waals surface area (Å²) >= 11 is 0. The van der Waals surface area contributed by atoms with Crippen molar-refractivity contribution in [3.05, 3.63) is 24.3 Å². The Morgan fingerprint density at radius 2 is 2.22 bits per heavy atom. The first-order valence-corrected chi connectivity index (χ1v) is 6.60. The SMILES string of the molecule is COC(O)CS(=O)(=O)c1cccc(NC(N)=O)c1. The van der Waals surface area contributed by atoms with Gasteiger partial charge in [0.15, 0.2) is 16.1 Å². The van der Waals surface area contributed by atoms with Crippen LogP contribution in [0.4, 0.5) is 10.5 Å². The van der Waals surface area contributed by atoms with Crippen molar-refractivity contribution in [2.45, 2.75) is 11.2 Å². The molecular formula is C10H14N2O5S. The number of nitrogens with one attached hydrogen (secondary N) is 1. The molecule has 0 radical (unpaired) electrons. The molecular weight excluding hydrogens is 260 g/mol. The fourth-order valence-electron chi connectivity index (χ4n) is 1.26. The third kappa shape index (κ3) is 3.99. The van der Waals surface area contributed by atoms with Gasteiger partial charge in [-0.25, -0.2) is 13.2 Å². The topological polar surface area (TPSA) is 119 Å². The second-order valence-corrected chi connectivity index (χ2v) is 5.52. The molecule has 1 unspecified atom stereocenters. The summed E-state index contributed by atoms with van der Waals surface area (Å²) in [6.07, 6.45) is -1.40. The summed E-state index contributed by atoms with van der Waals surface area (Å²) < 4.78 is 28.2. The van der Waals surface area contributed by atoms with Crippen LogP contribution in [0.25, 0.3) is 0 Å². The number of primary amides is 1. The number of hydrogen-bond acceptors (Lipinski definition) is 5. The number of urea groups is 1. The minimum absolute atomic E-state index is 0.0372. The lowest BCUT2D eigenvalue weighted by Gasteiger charge is -2.10. The number of carbonyl (C=O) groups excluding carboxylic acids is 1. The number of aliphatic hydroxyl groups excluding tert-OH is 1. The molecule has 100 valence electrons. The van der Waals surface area contributed by atoms with Crippen LogP contribution in [0.15, 0.2) is 29.2 Å². The van der Waals surface area contributed by atoms with E-state index >= 15 is 0 Å². The minimum Gasteiger partial charge on any atom is -0.367 e. The maximum Gasteiger partial charge on any atom is 0.316 e. The van der Waals surface area contributed by atoms with Crippen LogP contribution < -0.4 is 11.1 Å². The van der Waals surface area contributed by atoms with E-state index in [9.17, 15) is 18.3 Å². The number of hydrogen-bond donors (Lipinski definition) is 3. The van der Waals surface area contributed by atoms with Gasteiger partial charge in [0.1, 0.15) is 5.75 Å². The molecule has 0 heterocycles. The Bertz CT molecular complexity index is 529. The molecule has 0 aromatic heterocycles. The molecule has 0 saturated carbocycles. The summed E-state index contributed by atoms with van der Waals surface area (Å²) in [4.78, 5) is 10.6. The van der Waals surface area contributed by atoms with E-state index in [0.29, 0.717) is 0 Å². The number of carbonyl (C=O) groups is 1. The molecule has 0 saturated heterocycles. The Labute approximate surface area is 104 Å². The van der Waals surface area contributed by atoms with E-state index in [-0.39, 0.29) is 10.6 Å². The second kappa shape index (κ2) is 5.80. The fraction of sp³-hybridized carbons (Fsp3) is 0.300. The zero-order chi connectivity index (χ0) is 13.8. The molecule has 18 heavy (non-hydrogen) atoms. The normalized spacial score (nSPS) is 13.0. The van der Waals surface area contributed by atoms with Gasteiger partial charge in [-0.05, 0) is 18.2 Å². The van der Waals surface area contributed by atoms with Crippen LogP contribution in [0.1, 0.15) is 0 Å². The Balaban J connectivity index is 2.98. The number of amides is 2. The summed E-state index contributed by atoms with van der Waals surface area (Å²) in [6.45, 7) is 0. The number of methoxy groups -OCH3 is 1. The van der Waals surface area contributed by atoms with Crippen molar-refractivity contribution in [3.8, 4) is 0 Å². The van der Waals surface area contributed by atoms with Crippen molar-refractivity contribution < 1.29 is 23.1 Å². The van der Waals surface area contributed by atoms with Crippen LogP contribution in [0.5, 0.6) is 0 Å². The predicted octanol–water partition coefficient (Wildman–Crippen LogP) is -0.0843. The molecule has 0 fully saturated rings. The number of nitrogens with two attached hydrogens (primary N) is 1. The maximum absolute atomic E-state index is 11.9. The van der Waals surface area contributed by atoms with Crippen molar-refractivity contribution in [3.63, 3.8) is 0 Å². The zero-order valence-electron chi connectivity index (χ0n) is 9.66. The van der Waals surface area contributed by atoms with Crippen molar-refractivity contribution in [2.75, 3.05) is 18.2 Å². The Morgan fingerprint density at radius 1 is 1.56 bits per heavy atom. The van der Waals surface area contributed by atoms with Crippen LogP contribution in [-0.2, 0) is 14.6 Å². The van der Waals surface area contributed by atoms with Crippen molar-refractivity contribution in [1.82, 2.24) is 0 Å². The highest BCUT2D eigenvalue weighted by Crippen LogP contribution is 2.17. The maximum atomic E-state index is 11.9. The molecule has 0 bridgehead atoms. The molecule has 0 aliphatic heterocycles. The molecule has 0 aliphatic rings. The monoisotopic (exact) mass is 274 g/mol. The smallest absolute Gasteiger partial charge is 0.316 e. The number of sulfone groups is 1. The van der Waals surface area contributed by atoms with Gasteiger partial charge in [-0.1, -0.05) is 6.07 Å².